The lowest BCUT2D eigenvalue weighted by Gasteiger charge is -2.14. The fourth-order valence-corrected chi connectivity index (χ4v) is 3.75. The molecule has 0 amide bonds. The van der Waals surface area contributed by atoms with Gasteiger partial charge in [0.15, 0.2) is 0 Å². The zero-order valence-electron chi connectivity index (χ0n) is 15.0. The number of para-hydroxylation sites is 2. The quantitative estimate of drug-likeness (QED) is 0.608. The number of sulfonamides is 1. The third-order valence-corrected chi connectivity index (χ3v) is 5.35. The number of nitrogens with one attached hydrogen (secondary N) is 1. The Morgan fingerprint density at radius 1 is 1.18 bits per heavy atom. The predicted octanol–water partition coefficient (Wildman–Crippen LogP) is 3.28. The zero-order chi connectivity index (χ0) is 20.5. The number of nitrogens with zero attached hydrogens (tertiary/aromatic N) is 2. The molecule has 10 heteroatoms. The Hall–Kier alpha value is -2.59. The van der Waals surface area contributed by atoms with Gasteiger partial charge in [-0.1, -0.05) is 12.1 Å². The summed E-state index contributed by atoms with van der Waals surface area (Å²) in [5.41, 5.74) is 0.792. The Morgan fingerprint density at radius 2 is 1.89 bits per heavy atom. The van der Waals surface area contributed by atoms with Gasteiger partial charge in [0.2, 0.25) is 10.0 Å². The summed E-state index contributed by atoms with van der Waals surface area (Å²) < 4.78 is 64.2. The molecule has 150 valence electrons. The van der Waals surface area contributed by atoms with E-state index in [1.165, 1.54) is 6.07 Å². The molecule has 0 aliphatic carbocycles. The number of hydrogen-bond acceptors (Lipinski definition) is 4. The van der Waals surface area contributed by atoms with Crippen LogP contribution in [-0.4, -0.2) is 24.5 Å². The van der Waals surface area contributed by atoms with Crippen LogP contribution in [0.1, 0.15) is 17.8 Å². The molecule has 28 heavy (non-hydrogen) atoms. The van der Waals surface area contributed by atoms with Crippen molar-refractivity contribution in [2.24, 2.45) is 12.2 Å². The van der Waals surface area contributed by atoms with Crippen molar-refractivity contribution in [2.75, 3.05) is 11.9 Å². The minimum atomic E-state index is -4.83. The minimum Gasteiger partial charge on any atom is -0.385 e. The number of fused-ring (bicyclic) bond motifs is 1. The molecule has 0 fully saturated rings. The van der Waals surface area contributed by atoms with E-state index in [4.69, 9.17) is 5.14 Å². The highest BCUT2D eigenvalue weighted by molar-refractivity contribution is 7.89. The monoisotopic (exact) mass is 412 g/mol. The third kappa shape index (κ3) is 4.28. The van der Waals surface area contributed by atoms with Gasteiger partial charge in [0.05, 0.1) is 21.5 Å². The number of alkyl halides is 3. The molecule has 0 saturated heterocycles. The molecular weight excluding hydrogens is 393 g/mol. The summed E-state index contributed by atoms with van der Waals surface area (Å²) in [6.07, 6.45) is -3.55. The lowest BCUT2D eigenvalue weighted by Crippen LogP contribution is -2.19. The fraction of sp³-hybridized carbons (Fsp3) is 0.278. The standard InChI is InChI=1S/C18H19F3N4O2S/c1-25-15-6-3-2-5-14(15)24-17(25)7-4-10-23-12-8-9-16(28(22,26)27)13(11-12)18(19,20)21/h2-3,5-6,8-9,11,23H,4,7,10H2,1H3,(H2,22,26,27). The van der Waals surface area contributed by atoms with Crippen molar-refractivity contribution in [3.8, 4) is 0 Å². The van der Waals surface area contributed by atoms with Crippen molar-refractivity contribution < 1.29 is 21.6 Å². The van der Waals surface area contributed by atoms with E-state index in [2.05, 4.69) is 10.3 Å². The first-order chi connectivity index (χ1) is 13.1. The van der Waals surface area contributed by atoms with E-state index < -0.39 is 26.7 Å². The molecule has 0 radical (unpaired) electrons. The Bertz CT molecular complexity index is 1110. The van der Waals surface area contributed by atoms with Crippen LogP contribution < -0.4 is 10.5 Å². The number of aryl methyl sites for hydroxylation is 2. The number of nitrogens with two attached hydrogens (primary N) is 1. The first-order valence-corrected chi connectivity index (χ1v) is 10.0. The fourth-order valence-electron chi connectivity index (χ4n) is 3.01. The van der Waals surface area contributed by atoms with Gasteiger partial charge < -0.3 is 9.88 Å². The van der Waals surface area contributed by atoms with Gasteiger partial charge in [-0.3, -0.25) is 0 Å². The zero-order valence-corrected chi connectivity index (χ0v) is 15.8. The molecule has 0 bridgehead atoms. The summed E-state index contributed by atoms with van der Waals surface area (Å²) in [6.45, 7) is 0.398. The molecule has 0 saturated carbocycles. The van der Waals surface area contributed by atoms with Gasteiger partial charge in [-0.2, -0.15) is 13.2 Å². The average molecular weight is 412 g/mol. The van der Waals surface area contributed by atoms with Crippen LogP contribution in [0.2, 0.25) is 0 Å². The molecule has 0 aliphatic rings. The molecule has 3 rings (SSSR count). The molecule has 1 heterocycles. The van der Waals surface area contributed by atoms with E-state index in [1.807, 2.05) is 35.9 Å². The molecule has 3 N–H and O–H groups in total. The summed E-state index contributed by atoms with van der Waals surface area (Å²) in [6, 6.07) is 10.6. The summed E-state index contributed by atoms with van der Waals surface area (Å²) >= 11 is 0. The van der Waals surface area contributed by atoms with Crippen molar-refractivity contribution in [1.82, 2.24) is 9.55 Å². The average Bonchev–Trinajstić information content (AvgIpc) is 2.93. The maximum atomic E-state index is 13.2. The lowest BCUT2D eigenvalue weighted by molar-refractivity contribution is -0.139. The van der Waals surface area contributed by atoms with E-state index in [9.17, 15) is 21.6 Å². The number of aromatic nitrogens is 2. The number of hydrogen-bond donors (Lipinski definition) is 2. The van der Waals surface area contributed by atoms with Crippen molar-refractivity contribution >= 4 is 26.7 Å². The maximum absolute atomic E-state index is 13.2. The summed E-state index contributed by atoms with van der Waals surface area (Å²) in [4.78, 5) is 3.61. The largest absolute Gasteiger partial charge is 0.417 e. The first kappa shape index (κ1) is 20.2. The summed E-state index contributed by atoms with van der Waals surface area (Å²) in [7, 11) is -2.55. The molecule has 0 aliphatic heterocycles. The van der Waals surface area contributed by atoms with Crippen LogP contribution in [0.15, 0.2) is 47.4 Å². The maximum Gasteiger partial charge on any atom is 0.417 e. The molecule has 6 nitrogen and oxygen atoms in total. The second kappa shape index (κ2) is 7.44. The first-order valence-electron chi connectivity index (χ1n) is 8.45. The van der Waals surface area contributed by atoms with Crippen molar-refractivity contribution in [3.63, 3.8) is 0 Å². The van der Waals surface area contributed by atoms with Crippen molar-refractivity contribution in [1.29, 1.82) is 0 Å². The SMILES string of the molecule is Cn1c(CCCNc2ccc(S(N)(=O)=O)c(C(F)(F)F)c2)nc2ccccc21. The highest BCUT2D eigenvalue weighted by Crippen LogP contribution is 2.35. The van der Waals surface area contributed by atoms with E-state index in [0.29, 0.717) is 19.4 Å². The van der Waals surface area contributed by atoms with Gasteiger partial charge in [0.25, 0.3) is 0 Å². The minimum absolute atomic E-state index is 0.171. The molecule has 0 unspecified atom stereocenters. The number of imidazole rings is 1. The predicted molar refractivity (Wildman–Crippen MR) is 100 cm³/mol. The van der Waals surface area contributed by atoms with Crippen molar-refractivity contribution in [2.45, 2.75) is 23.9 Å². The summed E-state index contributed by atoms with van der Waals surface area (Å²) in [5.74, 6) is 0.878. The molecule has 1 aromatic heterocycles. The number of rotatable bonds is 6. The Morgan fingerprint density at radius 3 is 2.54 bits per heavy atom. The van der Waals surface area contributed by atoms with E-state index in [1.54, 1.807) is 0 Å². The van der Waals surface area contributed by atoms with Gasteiger partial charge in [-0.05, 0) is 36.8 Å². The van der Waals surface area contributed by atoms with Gasteiger partial charge in [-0.25, -0.2) is 18.5 Å². The molecule has 2 aromatic carbocycles. The van der Waals surface area contributed by atoms with Crippen LogP contribution in [0.25, 0.3) is 11.0 Å². The smallest absolute Gasteiger partial charge is 0.385 e. The van der Waals surface area contributed by atoms with E-state index in [0.717, 1.165) is 29.0 Å². The van der Waals surface area contributed by atoms with Crippen molar-refractivity contribution in [3.05, 3.63) is 53.9 Å². The highest BCUT2D eigenvalue weighted by Gasteiger charge is 2.36. The Labute approximate surface area is 160 Å². The molecular formula is C18H19F3N4O2S. The van der Waals surface area contributed by atoms with Crippen LogP contribution in [-0.2, 0) is 29.7 Å². The van der Waals surface area contributed by atoms with Crippen LogP contribution in [0.4, 0.5) is 18.9 Å². The molecule has 0 spiro atoms. The molecule has 0 atom stereocenters. The second-order valence-electron chi connectivity index (χ2n) is 6.36. The molecule has 3 aromatic rings. The normalized spacial score (nSPS) is 12.5. The van der Waals surface area contributed by atoms with Gasteiger partial charge in [-0.15, -0.1) is 0 Å². The number of benzene rings is 2. The van der Waals surface area contributed by atoms with E-state index >= 15 is 0 Å². The number of halogens is 3. The van der Waals surface area contributed by atoms with Crippen LogP contribution in [0, 0.1) is 0 Å². The topological polar surface area (TPSA) is 90.0 Å². The summed E-state index contributed by atoms with van der Waals surface area (Å²) in [5, 5.41) is 7.77. The number of anilines is 1. The van der Waals surface area contributed by atoms with E-state index in [-0.39, 0.29) is 5.69 Å². The lowest BCUT2D eigenvalue weighted by atomic mass is 10.2. The van der Waals surface area contributed by atoms with Crippen LogP contribution in [0.5, 0.6) is 0 Å². The second-order valence-corrected chi connectivity index (χ2v) is 7.89. The van der Waals surface area contributed by atoms with Crippen LogP contribution in [0.3, 0.4) is 0 Å². The van der Waals surface area contributed by atoms with Gasteiger partial charge in [0.1, 0.15) is 5.82 Å². The number of primary sulfonamides is 1. The van der Waals surface area contributed by atoms with Gasteiger partial charge in [0, 0.05) is 25.7 Å². The Kier molecular flexibility index (Phi) is 5.35. The van der Waals surface area contributed by atoms with Crippen LogP contribution >= 0.6 is 0 Å². The third-order valence-electron chi connectivity index (χ3n) is 4.38. The van der Waals surface area contributed by atoms with Gasteiger partial charge >= 0.3 is 6.18 Å². The Balaban J connectivity index is 1.68. The highest BCUT2D eigenvalue weighted by atomic mass is 32.2.